The van der Waals surface area contributed by atoms with Gasteiger partial charge in [0.15, 0.2) is 0 Å². The predicted octanol–water partition coefficient (Wildman–Crippen LogP) is 2.84. The van der Waals surface area contributed by atoms with E-state index in [-0.39, 0.29) is 23.9 Å². The molecule has 1 amide bonds. The van der Waals surface area contributed by atoms with Crippen molar-refractivity contribution in [1.29, 1.82) is 0 Å². The number of nitrogens with zero attached hydrogens (tertiary/aromatic N) is 5. The molecule has 1 atom stereocenters. The Hall–Kier alpha value is -2.97. The molecule has 0 unspecified atom stereocenters. The van der Waals surface area contributed by atoms with Crippen molar-refractivity contribution in [2.75, 3.05) is 32.7 Å². The van der Waals surface area contributed by atoms with Gasteiger partial charge in [0.25, 0.3) is 5.56 Å². The zero-order valence-electron chi connectivity index (χ0n) is 21.2. The molecule has 192 valence electrons. The number of carbonyl (C=O) groups is 1. The van der Waals surface area contributed by atoms with Gasteiger partial charge in [-0.05, 0) is 56.3 Å². The van der Waals surface area contributed by atoms with Gasteiger partial charge in [-0.3, -0.25) is 14.2 Å². The summed E-state index contributed by atoms with van der Waals surface area (Å²) in [6.45, 7) is 7.33. The first-order valence-electron chi connectivity index (χ1n) is 13.2. The van der Waals surface area contributed by atoms with Gasteiger partial charge in [-0.25, -0.2) is 4.98 Å². The number of hydrogen-bond donors (Lipinski definition) is 1. The van der Waals surface area contributed by atoms with Gasteiger partial charge >= 0.3 is 0 Å². The molecular weight excluding hydrogens is 454 g/mol. The number of aliphatic hydroxyl groups is 1. The first-order chi connectivity index (χ1) is 17.4. The Morgan fingerprint density at radius 3 is 2.47 bits per heavy atom. The Balaban J connectivity index is 1.18. The van der Waals surface area contributed by atoms with Crippen LogP contribution in [0.1, 0.15) is 50.5 Å². The molecule has 4 heterocycles. The molecule has 2 fully saturated rings. The Labute approximate surface area is 212 Å². The zero-order chi connectivity index (χ0) is 25.1. The van der Waals surface area contributed by atoms with Gasteiger partial charge < -0.3 is 19.5 Å². The van der Waals surface area contributed by atoms with Crippen LogP contribution in [0.4, 0.5) is 0 Å². The van der Waals surface area contributed by atoms with E-state index in [1.165, 1.54) is 17.4 Å². The summed E-state index contributed by atoms with van der Waals surface area (Å²) in [7, 11) is 0. The van der Waals surface area contributed by atoms with E-state index in [1.54, 1.807) is 6.33 Å². The van der Waals surface area contributed by atoms with Crippen molar-refractivity contribution in [3.8, 4) is 0 Å². The van der Waals surface area contributed by atoms with Crippen LogP contribution in [-0.4, -0.2) is 73.3 Å². The lowest BCUT2D eigenvalue weighted by atomic mass is 9.90. The first-order valence-corrected chi connectivity index (χ1v) is 13.2. The van der Waals surface area contributed by atoms with Gasteiger partial charge in [-0.1, -0.05) is 37.3 Å². The minimum atomic E-state index is -1.03. The van der Waals surface area contributed by atoms with Crippen molar-refractivity contribution < 1.29 is 9.90 Å². The summed E-state index contributed by atoms with van der Waals surface area (Å²) >= 11 is 0. The third-order valence-electron chi connectivity index (χ3n) is 7.96. The fourth-order valence-electron chi connectivity index (χ4n) is 5.59. The summed E-state index contributed by atoms with van der Waals surface area (Å²) in [4.78, 5) is 34.9. The molecule has 0 saturated carbocycles. The van der Waals surface area contributed by atoms with Gasteiger partial charge in [0.2, 0.25) is 5.91 Å². The van der Waals surface area contributed by atoms with E-state index in [0.29, 0.717) is 43.4 Å². The number of piperidine rings is 1. The third kappa shape index (κ3) is 5.39. The molecule has 8 nitrogen and oxygen atoms in total. The van der Waals surface area contributed by atoms with Crippen LogP contribution < -0.4 is 5.56 Å². The largest absolute Gasteiger partial charge is 0.388 e. The Kier molecular flexibility index (Phi) is 7.25. The van der Waals surface area contributed by atoms with Crippen LogP contribution in [0.15, 0.2) is 53.7 Å². The average Bonchev–Trinajstić information content (AvgIpc) is 3.55. The van der Waals surface area contributed by atoms with E-state index in [2.05, 4.69) is 33.5 Å². The molecule has 1 aromatic carbocycles. The number of fused-ring (bicyclic) bond motifs is 1. The summed E-state index contributed by atoms with van der Waals surface area (Å²) in [6, 6.07) is 11.9. The molecule has 1 N–H and O–H groups in total. The van der Waals surface area contributed by atoms with Gasteiger partial charge in [-0.2, -0.15) is 0 Å². The van der Waals surface area contributed by atoms with Crippen LogP contribution in [0.25, 0.3) is 11.0 Å². The van der Waals surface area contributed by atoms with E-state index in [1.807, 2.05) is 35.4 Å². The molecule has 0 bridgehead atoms. The average molecular weight is 492 g/mol. The molecule has 36 heavy (non-hydrogen) atoms. The van der Waals surface area contributed by atoms with Crippen LogP contribution in [0.5, 0.6) is 0 Å². The second-order valence-electron chi connectivity index (χ2n) is 10.6. The molecule has 2 aliphatic rings. The van der Waals surface area contributed by atoms with Crippen LogP contribution in [0, 0.1) is 0 Å². The highest BCUT2D eigenvalue weighted by Gasteiger charge is 2.35. The van der Waals surface area contributed by atoms with Gasteiger partial charge in [0.1, 0.15) is 12.0 Å². The number of carbonyl (C=O) groups excluding carboxylic acids is 1. The molecule has 3 aromatic rings. The summed E-state index contributed by atoms with van der Waals surface area (Å²) in [5.74, 6) is 0.266. The van der Waals surface area contributed by atoms with Crippen LogP contribution in [0.3, 0.4) is 0 Å². The molecule has 2 aromatic heterocycles. The Bertz CT molecular complexity index is 1240. The number of hydrogen-bond acceptors (Lipinski definition) is 5. The lowest BCUT2D eigenvalue weighted by Gasteiger charge is -2.38. The quantitative estimate of drug-likeness (QED) is 0.524. The minimum absolute atomic E-state index is 0.115. The zero-order valence-corrected chi connectivity index (χ0v) is 21.2. The molecule has 0 radical (unpaired) electrons. The van der Waals surface area contributed by atoms with E-state index >= 15 is 0 Å². The van der Waals surface area contributed by atoms with Crippen LogP contribution >= 0.6 is 0 Å². The molecule has 2 aliphatic heterocycles. The van der Waals surface area contributed by atoms with Gasteiger partial charge in [0.05, 0.1) is 17.5 Å². The highest BCUT2D eigenvalue weighted by Crippen LogP contribution is 2.26. The standard InChI is InChI=1S/C28H37N5O3/c1-22(23-7-3-2-4-8-23)19-25(34)31-15-10-28(36,11-16-31)20-33-21-29-26-24(27(33)35)9-14-32(26)18-17-30-12-5-6-13-30/h2-4,7-9,14,21-22,36H,5-6,10-13,15-20H2,1H3/t22-/m1/s1. The van der Waals surface area contributed by atoms with E-state index in [9.17, 15) is 14.7 Å². The van der Waals surface area contributed by atoms with Crippen molar-refractivity contribution in [3.05, 3.63) is 64.8 Å². The molecule has 8 heteroatoms. The first kappa shape index (κ1) is 24.7. The summed E-state index contributed by atoms with van der Waals surface area (Å²) in [6.07, 6.45) is 7.37. The SMILES string of the molecule is C[C@H](CC(=O)N1CCC(O)(Cn2cnc3c(ccn3CCN3CCCC3)c2=O)CC1)c1ccccc1. The number of rotatable bonds is 8. The molecular formula is C28H37N5O3. The van der Waals surface area contributed by atoms with E-state index in [4.69, 9.17) is 0 Å². The van der Waals surface area contributed by atoms with E-state index < -0.39 is 5.60 Å². The maximum absolute atomic E-state index is 13.2. The third-order valence-corrected chi connectivity index (χ3v) is 7.96. The monoisotopic (exact) mass is 491 g/mol. The summed E-state index contributed by atoms with van der Waals surface area (Å²) in [5, 5.41) is 11.8. The Morgan fingerprint density at radius 2 is 1.75 bits per heavy atom. The number of amides is 1. The highest BCUT2D eigenvalue weighted by molar-refractivity contribution is 5.77. The van der Waals surface area contributed by atoms with Crippen molar-refractivity contribution in [2.45, 2.75) is 63.6 Å². The molecule has 2 saturated heterocycles. The van der Waals surface area contributed by atoms with Crippen molar-refractivity contribution in [1.82, 2.24) is 23.9 Å². The van der Waals surface area contributed by atoms with Gasteiger partial charge in [-0.15, -0.1) is 0 Å². The number of aromatic nitrogens is 3. The smallest absolute Gasteiger partial charge is 0.262 e. The fraction of sp³-hybridized carbons (Fsp3) is 0.536. The Morgan fingerprint density at radius 1 is 1.03 bits per heavy atom. The second kappa shape index (κ2) is 10.6. The van der Waals surface area contributed by atoms with Gasteiger partial charge in [0, 0.05) is 38.8 Å². The number of likely N-dealkylation sites (tertiary alicyclic amines) is 2. The lowest BCUT2D eigenvalue weighted by molar-refractivity contribution is -0.136. The number of benzene rings is 1. The summed E-state index contributed by atoms with van der Waals surface area (Å²) in [5.41, 5.74) is 0.713. The minimum Gasteiger partial charge on any atom is -0.388 e. The molecule has 0 aliphatic carbocycles. The van der Waals surface area contributed by atoms with Crippen LogP contribution in [-0.2, 0) is 17.9 Å². The maximum atomic E-state index is 13.2. The van der Waals surface area contributed by atoms with Crippen LogP contribution in [0.2, 0.25) is 0 Å². The predicted molar refractivity (Wildman–Crippen MR) is 140 cm³/mol. The van der Waals surface area contributed by atoms with Crippen molar-refractivity contribution in [3.63, 3.8) is 0 Å². The maximum Gasteiger partial charge on any atom is 0.262 e. The molecule has 0 spiro atoms. The second-order valence-corrected chi connectivity index (χ2v) is 10.6. The normalized spacial score (nSPS) is 19.1. The topological polar surface area (TPSA) is 83.6 Å². The van der Waals surface area contributed by atoms with Crippen molar-refractivity contribution in [2.24, 2.45) is 0 Å². The van der Waals surface area contributed by atoms with Crippen molar-refractivity contribution >= 4 is 16.9 Å². The highest BCUT2D eigenvalue weighted by atomic mass is 16.3. The fourth-order valence-corrected chi connectivity index (χ4v) is 5.59. The lowest BCUT2D eigenvalue weighted by Crippen LogP contribution is -2.49. The van der Waals surface area contributed by atoms with E-state index in [0.717, 1.165) is 31.7 Å². The molecule has 5 rings (SSSR count). The summed E-state index contributed by atoms with van der Waals surface area (Å²) < 4.78 is 3.58.